The van der Waals surface area contributed by atoms with Crippen LogP contribution in [0.1, 0.15) is 18.9 Å². The molecule has 0 fully saturated rings. The molecule has 1 heterocycles. The zero-order valence-corrected chi connectivity index (χ0v) is 13.1. The van der Waals surface area contributed by atoms with Crippen molar-refractivity contribution in [2.75, 3.05) is 4.90 Å². The van der Waals surface area contributed by atoms with E-state index in [9.17, 15) is 4.39 Å². The highest BCUT2D eigenvalue weighted by Crippen LogP contribution is 2.38. The lowest BCUT2D eigenvalue weighted by atomic mass is 10.1. The number of alkyl halides is 1. The molecule has 1 atom stereocenters. The number of benzene rings is 1. The monoisotopic (exact) mass is 380 g/mol. The smallest absolute Gasteiger partial charge is 0.124 e. The molecule has 2 rings (SSSR count). The molecule has 1 unspecified atom stereocenters. The van der Waals surface area contributed by atoms with Crippen LogP contribution >= 0.6 is 43.8 Å². The van der Waals surface area contributed by atoms with Gasteiger partial charge in [0.05, 0.1) is 5.69 Å². The molecule has 0 radical (unpaired) electrons. The second-order valence-electron chi connectivity index (χ2n) is 3.63. The minimum atomic E-state index is -0.230. The zero-order chi connectivity index (χ0) is 12.4. The van der Waals surface area contributed by atoms with E-state index in [1.54, 1.807) is 18.0 Å². The molecule has 0 N–H and O–H groups in total. The van der Waals surface area contributed by atoms with E-state index < -0.39 is 0 Å². The lowest BCUT2D eigenvalue weighted by molar-refractivity contribution is 0.625. The fourth-order valence-corrected chi connectivity index (χ4v) is 3.57. The average molecular weight is 382 g/mol. The highest BCUT2D eigenvalue weighted by Gasteiger charge is 2.25. The van der Waals surface area contributed by atoms with Crippen LogP contribution in [-0.2, 0) is 5.33 Å². The van der Waals surface area contributed by atoms with Crippen molar-refractivity contribution in [1.82, 2.24) is 0 Å². The number of hydrogen-bond acceptors (Lipinski definition) is 3. The van der Waals surface area contributed by atoms with Crippen LogP contribution in [0.5, 0.6) is 0 Å². The van der Waals surface area contributed by atoms with Gasteiger partial charge in [0.2, 0.25) is 0 Å². The number of hydrogen-bond donors (Lipinski definition) is 0. The molecule has 92 valence electrons. The van der Waals surface area contributed by atoms with Crippen LogP contribution < -0.4 is 4.90 Å². The predicted octanol–water partition coefficient (Wildman–Crippen LogP) is 4.72. The highest BCUT2D eigenvalue weighted by molar-refractivity contribution is 9.10. The molecule has 6 heteroatoms. The molecule has 1 aromatic rings. The number of nitrogens with zero attached hydrogens (tertiary/aromatic N) is 2. The van der Waals surface area contributed by atoms with Gasteiger partial charge in [-0.1, -0.05) is 22.9 Å². The second-order valence-corrected chi connectivity index (χ2v) is 6.01. The first-order valence-corrected chi connectivity index (χ1v) is 7.94. The van der Waals surface area contributed by atoms with Gasteiger partial charge in [-0.05, 0) is 40.0 Å². The van der Waals surface area contributed by atoms with Gasteiger partial charge in [-0.3, -0.25) is 0 Å². The summed E-state index contributed by atoms with van der Waals surface area (Å²) in [5, 5.41) is 0.902. The molecule has 0 saturated carbocycles. The number of halogens is 3. The molecule has 17 heavy (non-hydrogen) atoms. The van der Waals surface area contributed by atoms with Gasteiger partial charge in [-0.2, -0.15) is 0 Å². The van der Waals surface area contributed by atoms with Crippen molar-refractivity contribution in [1.29, 1.82) is 0 Å². The zero-order valence-electron chi connectivity index (χ0n) is 9.16. The summed E-state index contributed by atoms with van der Waals surface area (Å²) in [6, 6.07) is 3.05. The van der Waals surface area contributed by atoms with Gasteiger partial charge in [-0.25, -0.2) is 8.79 Å². The van der Waals surface area contributed by atoms with Crippen LogP contribution in [-0.4, -0.2) is 11.7 Å². The van der Waals surface area contributed by atoms with E-state index in [1.807, 2.05) is 6.34 Å². The third-order valence-electron chi connectivity index (χ3n) is 2.52. The van der Waals surface area contributed by atoms with Crippen molar-refractivity contribution in [2.45, 2.75) is 24.0 Å². The van der Waals surface area contributed by atoms with Gasteiger partial charge in [0, 0.05) is 21.8 Å². The molecule has 2 nitrogen and oxygen atoms in total. The van der Waals surface area contributed by atoms with E-state index in [-0.39, 0.29) is 11.2 Å². The number of anilines is 1. The SMILES string of the molecule is CCC1SN=CN1c1c(Br)cc(F)cc1CBr. The topological polar surface area (TPSA) is 15.6 Å². The van der Waals surface area contributed by atoms with E-state index in [1.165, 1.54) is 6.07 Å². The van der Waals surface area contributed by atoms with Gasteiger partial charge >= 0.3 is 0 Å². The molecule has 0 amide bonds. The van der Waals surface area contributed by atoms with Crippen LogP contribution in [0.25, 0.3) is 0 Å². The molecule has 0 bridgehead atoms. The van der Waals surface area contributed by atoms with E-state index in [4.69, 9.17) is 0 Å². The summed E-state index contributed by atoms with van der Waals surface area (Å²) in [6.45, 7) is 2.12. The Bertz CT molecular complexity index is 453. The Morgan fingerprint density at radius 2 is 2.29 bits per heavy atom. The van der Waals surface area contributed by atoms with Gasteiger partial charge < -0.3 is 4.90 Å². The molecule has 0 saturated heterocycles. The quantitative estimate of drug-likeness (QED) is 0.556. The predicted molar refractivity (Wildman–Crippen MR) is 79.4 cm³/mol. The van der Waals surface area contributed by atoms with Crippen molar-refractivity contribution in [2.24, 2.45) is 4.40 Å². The molecule has 0 aliphatic carbocycles. The molecule has 1 aliphatic rings. The lowest BCUT2D eigenvalue weighted by Gasteiger charge is -2.25. The largest absolute Gasteiger partial charge is 0.316 e. The maximum absolute atomic E-state index is 13.4. The summed E-state index contributed by atoms with van der Waals surface area (Å²) >= 11 is 8.38. The Morgan fingerprint density at radius 3 is 2.94 bits per heavy atom. The van der Waals surface area contributed by atoms with Crippen molar-refractivity contribution in [3.05, 3.63) is 28.0 Å². The van der Waals surface area contributed by atoms with E-state index in [0.717, 1.165) is 22.1 Å². The normalized spacial score (nSPS) is 19.1. The van der Waals surface area contributed by atoms with Gasteiger partial charge in [0.1, 0.15) is 17.5 Å². The van der Waals surface area contributed by atoms with Crippen LogP contribution in [0.4, 0.5) is 10.1 Å². The number of rotatable bonds is 3. The maximum Gasteiger partial charge on any atom is 0.124 e. The fraction of sp³-hybridized carbons (Fsp3) is 0.364. The Balaban J connectivity index is 2.47. The molecule has 1 aromatic carbocycles. The first-order chi connectivity index (χ1) is 8.17. The third-order valence-corrected chi connectivity index (χ3v) is 4.75. The third kappa shape index (κ3) is 2.69. The average Bonchev–Trinajstić information content (AvgIpc) is 2.75. The van der Waals surface area contributed by atoms with Crippen molar-refractivity contribution >= 4 is 55.8 Å². The Morgan fingerprint density at radius 1 is 1.53 bits per heavy atom. The maximum atomic E-state index is 13.4. The minimum absolute atomic E-state index is 0.230. The first-order valence-electron chi connectivity index (χ1n) is 5.19. The van der Waals surface area contributed by atoms with Gasteiger partial charge in [0.25, 0.3) is 0 Å². The molecular weight excluding hydrogens is 371 g/mol. The minimum Gasteiger partial charge on any atom is -0.316 e. The Hall–Kier alpha value is -0.0700. The van der Waals surface area contributed by atoms with Crippen LogP contribution in [0.3, 0.4) is 0 Å². The summed E-state index contributed by atoms with van der Waals surface area (Å²) in [5.41, 5.74) is 1.91. The summed E-state index contributed by atoms with van der Waals surface area (Å²) in [6.07, 6.45) is 2.79. The van der Waals surface area contributed by atoms with E-state index in [0.29, 0.717) is 5.33 Å². The second kappa shape index (κ2) is 5.71. The molecule has 1 aliphatic heterocycles. The van der Waals surface area contributed by atoms with Gasteiger partial charge in [-0.15, -0.1) is 0 Å². The van der Waals surface area contributed by atoms with Gasteiger partial charge in [0.15, 0.2) is 0 Å². The standard InChI is InChI=1S/C11H11Br2FN2S/c1-2-10-16(6-15-17-10)11-7(5-12)3-8(14)4-9(11)13/h3-4,6,10H,2,5H2,1H3. The van der Waals surface area contributed by atoms with Crippen molar-refractivity contribution in [3.63, 3.8) is 0 Å². The molecule has 0 aromatic heterocycles. The molecule has 0 spiro atoms. The summed E-state index contributed by atoms with van der Waals surface area (Å²) in [4.78, 5) is 2.09. The van der Waals surface area contributed by atoms with E-state index >= 15 is 0 Å². The Kier molecular flexibility index (Phi) is 4.49. The highest BCUT2D eigenvalue weighted by atomic mass is 79.9. The first kappa shape index (κ1) is 13.4. The fourth-order valence-electron chi connectivity index (χ4n) is 1.76. The lowest BCUT2D eigenvalue weighted by Crippen LogP contribution is -2.28. The van der Waals surface area contributed by atoms with Crippen LogP contribution in [0.15, 0.2) is 21.0 Å². The summed E-state index contributed by atoms with van der Waals surface area (Å²) in [7, 11) is 0. The Labute approximate surface area is 121 Å². The van der Waals surface area contributed by atoms with Crippen molar-refractivity contribution in [3.8, 4) is 0 Å². The summed E-state index contributed by atoms with van der Waals surface area (Å²) in [5.74, 6) is -0.230. The van der Waals surface area contributed by atoms with Crippen molar-refractivity contribution < 1.29 is 4.39 Å². The van der Waals surface area contributed by atoms with Crippen LogP contribution in [0, 0.1) is 5.82 Å². The van der Waals surface area contributed by atoms with Crippen LogP contribution in [0.2, 0.25) is 0 Å². The van der Waals surface area contributed by atoms with E-state index in [2.05, 4.69) is 48.1 Å². The molecular formula is C11H11Br2FN2S. The summed E-state index contributed by atoms with van der Waals surface area (Å²) < 4.78 is 18.3.